The van der Waals surface area contributed by atoms with Crippen molar-refractivity contribution in [2.24, 2.45) is 5.92 Å². The molecule has 0 radical (unpaired) electrons. The standard InChI is InChI=1S/C18H30N2O/c1-5-21-18-9-7-6-8-16(18)17(19-4)13-20(12-14(2)3)15-10-11-15/h6-9,14-15,17,19H,5,10-13H2,1-4H3. The quantitative estimate of drug-likeness (QED) is 0.753. The van der Waals surface area contributed by atoms with Gasteiger partial charge in [-0.15, -0.1) is 0 Å². The minimum Gasteiger partial charge on any atom is -0.494 e. The van der Waals surface area contributed by atoms with E-state index >= 15 is 0 Å². The summed E-state index contributed by atoms with van der Waals surface area (Å²) in [5.41, 5.74) is 1.27. The van der Waals surface area contributed by atoms with E-state index in [1.54, 1.807) is 0 Å². The van der Waals surface area contributed by atoms with Gasteiger partial charge in [0.25, 0.3) is 0 Å². The summed E-state index contributed by atoms with van der Waals surface area (Å²) in [7, 11) is 2.05. The third-order valence-electron chi connectivity index (χ3n) is 4.02. The molecule has 3 heteroatoms. The van der Waals surface area contributed by atoms with Crippen LogP contribution in [-0.4, -0.2) is 37.7 Å². The molecule has 1 unspecified atom stereocenters. The van der Waals surface area contributed by atoms with Crippen LogP contribution in [0.2, 0.25) is 0 Å². The molecule has 2 rings (SSSR count). The molecule has 118 valence electrons. The van der Waals surface area contributed by atoms with Crippen LogP contribution in [0.4, 0.5) is 0 Å². The molecule has 1 aromatic rings. The van der Waals surface area contributed by atoms with E-state index in [0.29, 0.717) is 18.6 Å². The second-order valence-corrected chi connectivity index (χ2v) is 6.39. The molecule has 21 heavy (non-hydrogen) atoms. The zero-order valence-corrected chi connectivity index (χ0v) is 13.9. The third kappa shape index (κ3) is 4.72. The Labute approximate surface area is 129 Å². The predicted octanol–water partition coefficient (Wildman–Crippen LogP) is 3.47. The van der Waals surface area contributed by atoms with Crippen LogP contribution in [0, 0.1) is 5.92 Å². The molecule has 1 fully saturated rings. The van der Waals surface area contributed by atoms with Crippen LogP contribution in [0.25, 0.3) is 0 Å². The number of rotatable bonds is 9. The Morgan fingerprint density at radius 1 is 1.24 bits per heavy atom. The number of hydrogen-bond acceptors (Lipinski definition) is 3. The SMILES string of the molecule is CCOc1ccccc1C(CN(CC(C)C)C1CC1)NC. The first-order chi connectivity index (χ1) is 10.2. The lowest BCUT2D eigenvalue weighted by Crippen LogP contribution is -2.37. The molecule has 3 nitrogen and oxygen atoms in total. The Bertz CT molecular complexity index is 429. The smallest absolute Gasteiger partial charge is 0.124 e. The number of ether oxygens (including phenoxy) is 1. The van der Waals surface area contributed by atoms with Crippen molar-refractivity contribution in [2.45, 2.75) is 45.7 Å². The van der Waals surface area contributed by atoms with Gasteiger partial charge in [0.05, 0.1) is 6.61 Å². The van der Waals surface area contributed by atoms with Gasteiger partial charge in [0.15, 0.2) is 0 Å². The molecule has 1 aliphatic rings. The summed E-state index contributed by atoms with van der Waals surface area (Å²) in [5, 5.41) is 3.48. The number of para-hydroxylation sites is 1. The van der Waals surface area contributed by atoms with Crippen LogP contribution in [0.3, 0.4) is 0 Å². The lowest BCUT2D eigenvalue weighted by Gasteiger charge is -2.29. The largest absolute Gasteiger partial charge is 0.494 e. The summed E-state index contributed by atoms with van der Waals surface area (Å²) < 4.78 is 5.80. The van der Waals surface area contributed by atoms with E-state index in [4.69, 9.17) is 4.74 Å². The lowest BCUT2D eigenvalue weighted by molar-refractivity contribution is 0.210. The summed E-state index contributed by atoms with van der Waals surface area (Å²) >= 11 is 0. The summed E-state index contributed by atoms with van der Waals surface area (Å²) in [6, 6.07) is 9.54. The molecule has 0 amide bonds. The molecular weight excluding hydrogens is 260 g/mol. The molecule has 0 aliphatic heterocycles. The van der Waals surface area contributed by atoms with E-state index < -0.39 is 0 Å². The van der Waals surface area contributed by atoms with Crippen molar-refractivity contribution >= 4 is 0 Å². The van der Waals surface area contributed by atoms with Gasteiger partial charge in [-0.05, 0) is 38.8 Å². The van der Waals surface area contributed by atoms with Gasteiger partial charge in [0.1, 0.15) is 5.75 Å². The van der Waals surface area contributed by atoms with Crippen molar-refractivity contribution in [2.75, 3.05) is 26.7 Å². The van der Waals surface area contributed by atoms with E-state index in [9.17, 15) is 0 Å². The van der Waals surface area contributed by atoms with Gasteiger partial charge in [-0.2, -0.15) is 0 Å². The second-order valence-electron chi connectivity index (χ2n) is 6.39. The Balaban J connectivity index is 2.11. The minimum atomic E-state index is 0.326. The number of nitrogens with one attached hydrogen (secondary N) is 1. The van der Waals surface area contributed by atoms with Crippen molar-refractivity contribution in [3.63, 3.8) is 0 Å². The number of nitrogens with zero attached hydrogens (tertiary/aromatic N) is 1. The van der Waals surface area contributed by atoms with E-state index in [0.717, 1.165) is 18.3 Å². The molecule has 1 atom stereocenters. The number of benzene rings is 1. The maximum absolute atomic E-state index is 5.80. The summed E-state index contributed by atoms with van der Waals surface area (Å²) in [6.45, 7) is 9.60. The normalized spacial score (nSPS) is 16.5. The molecule has 0 aromatic heterocycles. The van der Waals surface area contributed by atoms with Crippen molar-refractivity contribution in [1.82, 2.24) is 10.2 Å². The Kier molecular flexibility index (Phi) is 6.07. The highest BCUT2D eigenvalue weighted by Gasteiger charge is 2.31. The van der Waals surface area contributed by atoms with E-state index in [-0.39, 0.29) is 0 Å². The fraction of sp³-hybridized carbons (Fsp3) is 0.667. The molecule has 0 saturated heterocycles. The van der Waals surface area contributed by atoms with Crippen molar-refractivity contribution < 1.29 is 4.74 Å². The molecule has 1 N–H and O–H groups in total. The number of hydrogen-bond donors (Lipinski definition) is 1. The Morgan fingerprint density at radius 2 is 1.95 bits per heavy atom. The van der Waals surface area contributed by atoms with E-state index in [1.165, 1.54) is 24.9 Å². The van der Waals surface area contributed by atoms with Crippen LogP contribution >= 0.6 is 0 Å². The van der Waals surface area contributed by atoms with Gasteiger partial charge >= 0.3 is 0 Å². The van der Waals surface area contributed by atoms with E-state index in [2.05, 4.69) is 42.3 Å². The Hall–Kier alpha value is -1.06. The van der Waals surface area contributed by atoms with Crippen LogP contribution in [-0.2, 0) is 0 Å². The minimum absolute atomic E-state index is 0.326. The summed E-state index contributed by atoms with van der Waals surface area (Å²) in [5.74, 6) is 1.73. The average Bonchev–Trinajstić information content (AvgIpc) is 3.29. The average molecular weight is 290 g/mol. The molecule has 1 saturated carbocycles. The third-order valence-corrected chi connectivity index (χ3v) is 4.02. The summed E-state index contributed by atoms with van der Waals surface area (Å²) in [4.78, 5) is 2.65. The first-order valence-electron chi connectivity index (χ1n) is 8.28. The first-order valence-corrected chi connectivity index (χ1v) is 8.28. The fourth-order valence-electron chi connectivity index (χ4n) is 2.92. The van der Waals surface area contributed by atoms with Gasteiger partial charge in [-0.3, -0.25) is 4.90 Å². The highest BCUT2D eigenvalue weighted by atomic mass is 16.5. The number of likely N-dealkylation sites (N-methyl/N-ethyl adjacent to an activating group) is 1. The van der Waals surface area contributed by atoms with Gasteiger partial charge in [0, 0.05) is 30.7 Å². The van der Waals surface area contributed by atoms with E-state index in [1.807, 2.05) is 20.0 Å². The van der Waals surface area contributed by atoms with Gasteiger partial charge in [-0.1, -0.05) is 32.0 Å². The topological polar surface area (TPSA) is 24.5 Å². The van der Waals surface area contributed by atoms with Crippen LogP contribution in [0.15, 0.2) is 24.3 Å². The first kappa shape index (κ1) is 16.3. The zero-order valence-electron chi connectivity index (χ0n) is 13.9. The second kappa shape index (κ2) is 7.81. The molecule has 0 spiro atoms. The fourth-order valence-corrected chi connectivity index (χ4v) is 2.92. The van der Waals surface area contributed by atoms with Gasteiger partial charge in [-0.25, -0.2) is 0 Å². The van der Waals surface area contributed by atoms with Crippen molar-refractivity contribution in [3.8, 4) is 5.75 Å². The van der Waals surface area contributed by atoms with Crippen molar-refractivity contribution in [3.05, 3.63) is 29.8 Å². The highest BCUT2D eigenvalue weighted by molar-refractivity contribution is 5.36. The molecule has 1 aliphatic carbocycles. The molecule has 0 heterocycles. The van der Waals surface area contributed by atoms with Gasteiger partial charge in [0.2, 0.25) is 0 Å². The molecule has 1 aromatic carbocycles. The molecule has 0 bridgehead atoms. The molecular formula is C18H30N2O. The monoisotopic (exact) mass is 290 g/mol. The van der Waals surface area contributed by atoms with Crippen molar-refractivity contribution in [1.29, 1.82) is 0 Å². The van der Waals surface area contributed by atoms with Crippen LogP contribution < -0.4 is 10.1 Å². The predicted molar refractivity (Wildman–Crippen MR) is 88.8 cm³/mol. The maximum atomic E-state index is 5.80. The van der Waals surface area contributed by atoms with Gasteiger partial charge < -0.3 is 10.1 Å². The lowest BCUT2D eigenvalue weighted by atomic mass is 10.0. The highest BCUT2D eigenvalue weighted by Crippen LogP contribution is 2.31. The maximum Gasteiger partial charge on any atom is 0.124 e. The van der Waals surface area contributed by atoms with Crippen LogP contribution in [0.5, 0.6) is 5.75 Å². The zero-order chi connectivity index (χ0) is 15.2. The Morgan fingerprint density at radius 3 is 2.52 bits per heavy atom. The van der Waals surface area contributed by atoms with Crippen LogP contribution in [0.1, 0.15) is 45.2 Å². The summed E-state index contributed by atoms with van der Waals surface area (Å²) in [6.07, 6.45) is 2.71.